The van der Waals surface area contributed by atoms with Gasteiger partial charge in [-0.1, -0.05) is 18.2 Å². The number of nitrogens with zero attached hydrogens (tertiary/aromatic N) is 3. The molecule has 2 aromatic rings. The standard InChI is InChI=1S/C18H19N3O3/c22-17(13-8-19-21(9-13)14-4-2-1-3-5-14)20-10-15(12-6-7-12)16(11-20)18(23)24/h1-5,8-9,12,15-16H,6-7,10-11H2,(H,23,24)/t15-,16+/m1/s1. The molecule has 1 saturated heterocycles. The van der Waals surface area contributed by atoms with Crippen LogP contribution < -0.4 is 0 Å². The molecule has 2 fully saturated rings. The molecule has 6 nitrogen and oxygen atoms in total. The molecule has 24 heavy (non-hydrogen) atoms. The van der Waals surface area contributed by atoms with Crippen LogP contribution in [0.1, 0.15) is 23.2 Å². The van der Waals surface area contributed by atoms with Gasteiger partial charge in [0.1, 0.15) is 0 Å². The molecule has 4 rings (SSSR count). The maximum atomic E-state index is 12.7. The highest BCUT2D eigenvalue weighted by molar-refractivity contribution is 5.94. The van der Waals surface area contributed by atoms with Crippen molar-refractivity contribution in [2.45, 2.75) is 12.8 Å². The van der Waals surface area contributed by atoms with Crippen molar-refractivity contribution >= 4 is 11.9 Å². The number of rotatable bonds is 4. The Labute approximate surface area is 139 Å². The number of hydrogen-bond donors (Lipinski definition) is 1. The number of hydrogen-bond acceptors (Lipinski definition) is 3. The third kappa shape index (κ3) is 2.68. The minimum absolute atomic E-state index is 0.0932. The van der Waals surface area contributed by atoms with Crippen LogP contribution in [-0.2, 0) is 4.79 Å². The first-order chi connectivity index (χ1) is 11.6. The monoisotopic (exact) mass is 325 g/mol. The number of carbonyl (C=O) groups is 2. The summed E-state index contributed by atoms with van der Waals surface area (Å²) in [4.78, 5) is 25.9. The smallest absolute Gasteiger partial charge is 0.308 e. The molecule has 6 heteroatoms. The van der Waals surface area contributed by atoms with E-state index in [0.29, 0.717) is 24.6 Å². The van der Waals surface area contributed by atoms with Gasteiger partial charge in [0.25, 0.3) is 5.91 Å². The first kappa shape index (κ1) is 14.9. The van der Waals surface area contributed by atoms with E-state index in [-0.39, 0.29) is 11.8 Å². The normalized spacial score (nSPS) is 23.4. The molecular weight excluding hydrogens is 306 g/mol. The zero-order chi connectivity index (χ0) is 16.7. The van der Waals surface area contributed by atoms with Crippen molar-refractivity contribution in [2.24, 2.45) is 17.8 Å². The summed E-state index contributed by atoms with van der Waals surface area (Å²) in [7, 11) is 0. The highest BCUT2D eigenvalue weighted by Gasteiger charge is 2.47. The van der Waals surface area contributed by atoms with E-state index in [1.54, 1.807) is 22.0 Å². The molecule has 0 unspecified atom stereocenters. The average molecular weight is 325 g/mol. The fraction of sp³-hybridized carbons (Fsp3) is 0.389. The predicted octanol–water partition coefficient (Wildman–Crippen LogP) is 2.06. The molecule has 1 amide bonds. The Morgan fingerprint density at radius 2 is 1.88 bits per heavy atom. The lowest BCUT2D eigenvalue weighted by Crippen LogP contribution is -2.29. The van der Waals surface area contributed by atoms with Gasteiger partial charge in [-0.15, -0.1) is 0 Å². The molecule has 1 aromatic carbocycles. The van der Waals surface area contributed by atoms with Gasteiger partial charge in [-0.3, -0.25) is 9.59 Å². The van der Waals surface area contributed by atoms with Crippen LogP contribution in [0.3, 0.4) is 0 Å². The van der Waals surface area contributed by atoms with Gasteiger partial charge in [0, 0.05) is 19.3 Å². The minimum Gasteiger partial charge on any atom is -0.481 e. The first-order valence-corrected chi connectivity index (χ1v) is 8.25. The number of amides is 1. The van der Waals surface area contributed by atoms with Gasteiger partial charge in [0.05, 0.1) is 23.4 Å². The first-order valence-electron chi connectivity index (χ1n) is 8.25. The number of aromatic nitrogens is 2. The van der Waals surface area contributed by atoms with E-state index in [9.17, 15) is 14.7 Å². The molecule has 1 aromatic heterocycles. The Morgan fingerprint density at radius 1 is 1.12 bits per heavy atom. The van der Waals surface area contributed by atoms with Crippen molar-refractivity contribution in [3.8, 4) is 5.69 Å². The molecule has 1 saturated carbocycles. The Kier molecular flexibility index (Phi) is 3.59. The summed E-state index contributed by atoms with van der Waals surface area (Å²) >= 11 is 0. The Balaban J connectivity index is 1.52. The number of aliphatic carboxylic acids is 1. The Morgan fingerprint density at radius 3 is 2.54 bits per heavy atom. The van der Waals surface area contributed by atoms with Crippen molar-refractivity contribution in [3.63, 3.8) is 0 Å². The van der Waals surface area contributed by atoms with Crippen molar-refractivity contribution in [3.05, 3.63) is 48.3 Å². The molecule has 2 heterocycles. The van der Waals surface area contributed by atoms with E-state index >= 15 is 0 Å². The zero-order valence-electron chi connectivity index (χ0n) is 13.2. The van der Waals surface area contributed by atoms with Gasteiger partial charge in [-0.2, -0.15) is 5.10 Å². The third-order valence-electron chi connectivity index (χ3n) is 5.05. The van der Waals surface area contributed by atoms with Crippen LogP contribution in [0.4, 0.5) is 0 Å². The molecule has 124 valence electrons. The fourth-order valence-electron chi connectivity index (χ4n) is 3.60. The van der Waals surface area contributed by atoms with E-state index in [1.165, 1.54) is 0 Å². The summed E-state index contributed by atoms with van der Waals surface area (Å²) in [6.45, 7) is 0.836. The van der Waals surface area contributed by atoms with E-state index in [4.69, 9.17) is 0 Å². The molecule has 0 spiro atoms. The van der Waals surface area contributed by atoms with Crippen LogP contribution in [0.15, 0.2) is 42.7 Å². The molecule has 1 aliphatic carbocycles. The summed E-state index contributed by atoms with van der Waals surface area (Å²) in [5.41, 5.74) is 1.39. The van der Waals surface area contributed by atoms with Gasteiger partial charge >= 0.3 is 5.97 Å². The maximum absolute atomic E-state index is 12.7. The highest BCUT2D eigenvalue weighted by atomic mass is 16.4. The molecule has 2 aliphatic rings. The van der Waals surface area contributed by atoms with E-state index in [0.717, 1.165) is 18.5 Å². The quantitative estimate of drug-likeness (QED) is 0.933. The minimum atomic E-state index is -0.790. The van der Waals surface area contributed by atoms with Crippen LogP contribution in [0.25, 0.3) is 5.69 Å². The average Bonchev–Trinajstić information content (AvgIpc) is 3.15. The lowest BCUT2D eigenvalue weighted by Gasteiger charge is -2.15. The summed E-state index contributed by atoms with van der Waals surface area (Å²) in [5, 5.41) is 13.7. The second kappa shape index (κ2) is 5.78. The molecule has 2 atom stereocenters. The van der Waals surface area contributed by atoms with Crippen molar-refractivity contribution in [2.75, 3.05) is 13.1 Å². The van der Waals surface area contributed by atoms with Crippen molar-refractivity contribution in [1.82, 2.24) is 14.7 Å². The topological polar surface area (TPSA) is 75.4 Å². The molecular formula is C18H19N3O3. The van der Waals surface area contributed by atoms with Gasteiger partial charge in [-0.05, 0) is 36.8 Å². The van der Waals surface area contributed by atoms with Crippen molar-refractivity contribution in [1.29, 1.82) is 0 Å². The van der Waals surface area contributed by atoms with Gasteiger partial charge in [-0.25, -0.2) is 4.68 Å². The van der Waals surface area contributed by atoms with E-state index in [1.807, 2.05) is 30.3 Å². The lowest BCUT2D eigenvalue weighted by molar-refractivity contribution is -0.142. The maximum Gasteiger partial charge on any atom is 0.308 e. The predicted molar refractivity (Wildman–Crippen MR) is 86.8 cm³/mol. The third-order valence-corrected chi connectivity index (χ3v) is 5.05. The molecule has 1 aliphatic heterocycles. The van der Waals surface area contributed by atoms with Crippen LogP contribution in [0.2, 0.25) is 0 Å². The van der Waals surface area contributed by atoms with Gasteiger partial charge in [0.15, 0.2) is 0 Å². The number of carboxylic acid groups (broad SMARTS) is 1. The second-order valence-electron chi connectivity index (χ2n) is 6.67. The molecule has 1 N–H and O–H groups in total. The number of carboxylic acids is 1. The number of para-hydroxylation sites is 1. The SMILES string of the molecule is O=C(O)[C@H]1CN(C(=O)c2cnn(-c3ccccc3)c2)C[C@@H]1C1CC1. The van der Waals surface area contributed by atoms with Crippen LogP contribution in [-0.4, -0.2) is 44.8 Å². The summed E-state index contributed by atoms with van der Waals surface area (Å²) in [5.74, 6) is -0.800. The summed E-state index contributed by atoms with van der Waals surface area (Å²) < 4.78 is 1.66. The second-order valence-corrected chi connectivity index (χ2v) is 6.67. The van der Waals surface area contributed by atoms with Crippen molar-refractivity contribution < 1.29 is 14.7 Å². The van der Waals surface area contributed by atoms with Crippen LogP contribution in [0, 0.1) is 17.8 Å². The van der Waals surface area contributed by atoms with E-state index < -0.39 is 11.9 Å². The number of likely N-dealkylation sites (tertiary alicyclic amines) is 1. The van der Waals surface area contributed by atoms with Gasteiger partial charge < -0.3 is 10.0 Å². The molecule has 0 bridgehead atoms. The highest BCUT2D eigenvalue weighted by Crippen LogP contribution is 2.44. The number of carbonyl (C=O) groups excluding carboxylic acids is 1. The summed E-state index contributed by atoms with van der Waals surface area (Å²) in [6, 6.07) is 9.59. The largest absolute Gasteiger partial charge is 0.481 e. The van der Waals surface area contributed by atoms with Gasteiger partial charge in [0.2, 0.25) is 0 Å². The number of benzene rings is 1. The fourth-order valence-corrected chi connectivity index (χ4v) is 3.60. The zero-order valence-corrected chi connectivity index (χ0v) is 13.2. The lowest BCUT2D eigenvalue weighted by atomic mass is 9.92. The summed E-state index contributed by atoms with van der Waals surface area (Å²) in [6.07, 6.45) is 5.43. The van der Waals surface area contributed by atoms with Crippen LogP contribution in [0.5, 0.6) is 0 Å². The molecule has 0 radical (unpaired) electrons. The Bertz CT molecular complexity index is 767. The Hall–Kier alpha value is -2.63. The van der Waals surface area contributed by atoms with E-state index in [2.05, 4.69) is 5.10 Å². The van der Waals surface area contributed by atoms with Crippen LogP contribution >= 0.6 is 0 Å².